The smallest absolute Gasteiger partial charge is 0.264 e. The van der Waals surface area contributed by atoms with Gasteiger partial charge in [-0.05, 0) is 25.5 Å². The molecule has 0 saturated heterocycles. The Morgan fingerprint density at radius 2 is 2.04 bits per heavy atom. The molecule has 23 heavy (non-hydrogen) atoms. The highest BCUT2D eigenvalue weighted by atomic mass is 32.2. The first-order valence-corrected chi connectivity index (χ1v) is 8.29. The maximum atomic E-state index is 12.3. The standard InChI is InChI=1S/C14H16N4O4S/c1-10-3-4-12(11(2)19)9-13(10)23(21,22)16-14(20)5-7-18-8-6-15-17-18/h3-4,6,8-9H,5,7H2,1-2H3,(H,16,20). The molecule has 0 fully saturated rings. The van der Waals surface area contributed by atoms with Crippen LogP contribution in [0.3, 0.4) is 0 Å². The van der Waals surface area contributed by atoms with Crippen molar-refractivity contribution in [1.29, 1.82) is 0 Å². The molecule has 0 bridgehead atoms. The monoisotopic (exact) mass is 336 g/mol. The number of sulfonamides is 1. The Bertz CT molecular complexity index is 828. The second-order valence-corrected chi connectivity index (χ2v) is 6.63. The van der Waals surface area contributed by atoms with Gasteiger partial charge in [0.25, 0.3) is 10.0 Å². The molecule has 1 amide bonds. The number of amides is 1. The number of nitrogens with zero attached hydrogens (tertiary/aromatic N) is 3. The van der Waals surface area contributed by atoms with Crippen molar-refractivity contribution in [2.45, 2.75) is 31.7 Å². The number of benzene rings is 1. The van der Waals surface area contributed by atoms with E-state index in [-0.39, 0.29) is 29.2 Å². The molecule has 122 valence electrons. The molecule has 2 aromatic rings. The molecule has 0 radical (unpaired) electrons. The van der Waals surface area contributed by atoms with Gasteiger partial charge >= 0.3 is 0 Å². The van der Waals surface area contributed by atoms with Gasteiger partial charge in [0.05, 0.1) is 17.6 Å². The lowest BCUT2D eigenvalue weighted by Crippen LogP contribution is -2.31. The van der Waals surface area contributed by atoms with Crippen molar-refractivity contribution in [2.75, 3.05) is 0 Å². The fourth-order valence-electron chi connectivity index (χ4n) is 1.93. The normalized spacial score (nSPS) is 11.2. The zero-order valence-electron chi connectivity index (χ0n) is 12.7. The molecule has 0 aliphatic carbocycles. The van der Waals surface area contributed by atoms with Crippen LogP contribution < -0.4 is 4.72 Å². The van der Waals surface area contributed by atoms with Gasteiger partial charge in [-0.25, -0.2) is 13.1 Å². The maximum absolute atomic E-state index is 12.3. The summed E-state index contributed by atoms with van der Waals surface area (Å²) in [4.78, 5) is 23.1. The van der Waals surface area contributed by atoms with Crippen LogP contribution in [0.25, 0.3) is 0 Å². The van der Waals surface area contributed by atoms with Crippen molar-refractivity contribution >= 4 is 21.7 Å². The molecule has 1 aromatic heterocycles. The van der Waals surface area contributed by atoms with Gasteiger partial charge in [-0.1, -0.05) is 17.3 Å². The molecule has 9 heteroatoms. The number of Topliss-reactive ketones (excluding diaryl/α,β-unsaturated/α-hetero) is 1. The van der Waals surface area contributed by atoms with Crippen LogP contribution in [-0.4, -0.2) is 35.1 Å². The molecule has 1 N–H and O–H groups in total. The van der Waals surface area contributed by atoms with Crippen LogP contribution in [0.2, 0.25) is 0 Å². The van der Waals surface area contributed by atoms with E-state index in [0.717, 1.165) is 0 Å². The molecular formula is C14H16N4O4S. The second-order valence-electron chi connectivity index (χ2n) is 4.98. The average molecular weight is 336 g/mol. The van der Waals surface area contributed by atoms with Crippen LogP contribution in [0.15, 0.2) is 35.5 Å². The summed E-state index contributed by atoms with van der Waals surface area (Å²) in [6, 6.07) is 4.35. The molecule has 1 aromatic carbocycles. The SMILES string of the molecule is CC(=O)c1ccc(C)c(S(=O)(=O)NC(=O)CCn2ccnn2)c1. The van der Waals surface area contributed by atoms with Crippen molar-refractivity contribution in [3.05, 3.63) is 41.7 Å². The van der Waals surface area contributed by atoms with Crippen molar-refractivity contribution in [3.8, 4) is 0 Å². The predicted octanol–water partition coefficient (Wildman–Crippen LogP) is 0.684. The Balaban J connectivity index is 2.13. The van der Waals surface area contributed by atoms with E-state index < -0.39 is 15.9 Å². The Labute approximate surface area is 133 Å². The van der Waals surface area contributed by atoms with E-state index in [9.17, 15) is 18.0 Å². The molecule has 0 aliphatic heterocycles. The largest absolute Gasteiger partial charge is 0.295 e. The van der Waals surface area contributed by atoms with Crippen LogP contribution in [0, 0.1) is 6.92 Å². The quantitative estimate of drug-likeness (QED) is 0.777. The molecule has 0 atom stereocenters. The number of aryl methyl sites for hydroxylation is 2. The van der Waals surface area contributed by atoms with E-state index in [1.165, 1.54) is 29.9 Å². The highest BCUT2D eigenvalue weighted by Gasteiger charge is 2.21. The summed E-state index contributed by atoms with van der Waals surface area (Å²) in [5.74, 6) is -0.910. The summed E-state index contributed by atoms with van der Waals surface area (Å²) >= 11 is 0. The number of ketones is 1. The molecule has 0 aliphatic rings. The minimum atomic E-state index is -4.03. The van der Waals surface area contributed by atoms with Gasteiger partial charge in [0, 0.05) is 18.2 Å². The number of nitrogens with one attached hydrogen (secondary N) is 1. The van der Waals surface area contributed by atoms with Crippen LogP contribution >= 0.6 is 0 Å². The van der Waals surface area contributed by atoms with Crippen molar-refractivity contribution in [3.63, 3.8) is 0 Å². The van der Waals surface area contributed by atoms with Gasteiger partial charge in [-0.2, -0.15) is 0 Å². The predicted molar refractivity (Wildman–Crippen MR) is 81.2 cm³/mol. The summed E-state index contributed by atoms with van der Waals surface area (Å²) in [5.41, 5.74) is 0.720. The maximum Gasteiger partial charge on any atom is 0.264 e. The second kappa shape index (κ2) is 6.69. The van der Waals surface area contributed by atoms with Gasteiger partial charge < -0.3 is 0 Å². The average Bonchev–Trinajstić information content (AvgIpc) is 2.98. The topological polar surface area (TPSA) is 111 Å². The van der Waals surface area contributed by atoms with Crippen molar-refractivity contribution in [1.82, 2.24) is 19.7 Å². The van der Waals surface area contributed by atoms with Crippen molar-refractivity contribution in [2.24, 2.45) is 0 Å². The third-order valence-electron chi connectivity index (χ3n) is 3.17. The minimum Gasteiger partial charge on any atom is -0.295 e. The van der Waals surface area contributed by atoms with E-state index >= 15 is 0 Å². The highest BCUT2D eigenvalue weighted by Crippen LogP contribution is 2.17. The summed E-state index contributed by atoms with van der Waals surface area (Å²) in [6.07, 6.45) is 2.97. The lowest BCUT2D eigenvalue weighted by Gasteiger charge is -2.10. The Morgan fingerprint density at radius 1 is 1.30 bits per heavy atom. The number of carbonyl (C=O) groups is 2. The zero-order valence-corrected chi connectivity index (χ0v) is 13.5. The Morgan fingerprint density at radius 3 is 2.65 bits per heavy atom. The molecule has 2 rings (SSSR count). The lowest BCUT2D eigenvalue weighted by atomic mass is 10.1. The van der Waals surface area contributed by atoms with Gasteiger partial charge in [0.1, 0.15) is 0 Å². The van der Waals surface area contributed by atoms with Crippen LogP contribution in [0.4, 0.5) is 0 Å². The third-order valence-corrected chi connectivity index (χ3v) is 4.69. The zero-order chi connectivity index (χ0) is 17.0. The Hall–Kier alpha value is -2.55. The number of hydrogen-bond donors (Lipinski definition) is 1. The van der Waals surface area contributed by atoms with Crippen LogP contribution in [-0.2, 0) is 21.4 Å². The number of hydrogen-bond acceptors (Lipinski definition) is 6. The summed E-state index contributed by atoms with van der Waals surface area (Å²) < 4.78 is 28.1. The first-order valence-electron chi connectivity index (χ1n) is 6.81. The van der Waals surface area contributed by atoms with E-state index in [4.69, 9.17) is 0 Å². The number of rotatable bonds is 6. The van der Waals surface area contributed by atoms with Crippen molar-refractivity contribution < 1.29 is 18.0 Å². The molecule has 0 unspecified atom stereocenters. The van der Waals surface area contributed by atoms with E-state index in [1.54, 1.807) is 19.2 Å². The highest BCUT2D eigenvalue weighted by molar-refractivity contribution is 7.90. The van der Waals surface area contributed by atoms with Crippen LogP contribution in [0.5, 0.6) is 0 Å². The van der Waals surface area contributed by atoms with Gasteiger partial charge in [0.15, 0.2) is 5.78 Å². The van der Waals surface area contributed by atoms with Crippen LogP contribution in [0.1, 0.15) is 29.3 Å². The molecule has 1 heterocycles. The Kier molecular flexibility index (Phi) is 4.89. The van der Waals surface area contributed by atoms with Gasteiger partial charge in [-0.3, -0.25) is 14.3 Å². The summed E-state index contributed by atoms with van der Waals surface area (Å²) in [5, 5.41) is 7.28. The molecular weight excluding hydrogens is 320 g/mol. The molecule has 8 nitrogen and oxygen atoms in total. The molecule has 0 spiro atoms. The first-order chi connectivity index (χ1) is 10.8. The third kappa shape index (κ3) is 4.22. The number of carbonyl (C=O) groups excluding carboxylic acids is 2. The minimum absolute atomic E-state index is 0.0615. The lowest BCUT2D eigenvalue weighted by molar-refractivity contribution is -0.119. The van der Waals surface area contributed by atoms with Gasteiger partial charge in [0.2, 0.25) is 5.91 Å². The molecule has 0 saturated carbocycles. The summed E-state index contributed by atoms with van der Waals surface area (Å²) in [6.45, 7) is 3.16. The van der Waals surface area contributed by atoms with E-state index in [0.29, 0.717) is 5.56 Å². The van der Waals surface area contributed by atoms with Gasteiger partial charge in [-0.15, -0.1) is 5.10 Å². The van der Waals surface area contributed by atoms with E-state index in [1.807, 2.05) is 4.72 Å². The first kappa shape index (κ1) is 16.8. The fraction of sp³-hybridized carbons (Fsp3) is 0.286. The number of aromatic nitrogens is 3. The summed E-state index contributed by atoms with van der Waals surface area (Å²) in [7, 11) is -4.03. The van der Waals surface area contributed by atoms with E-state index in [2.05, 4.69) is 10.3 Å². The fourth-order valence-corrected chi connectivity index (χ4v) is 3.22.